The zero-order chi connectivity index (χ0) is 22.0. The maximum Gasteiger partial charge on any atom is 0.253 e. The molecule has 1 aromatic carbocycles. The second-order valence-electron chi connectivity index (χ2n) is 8.01. The van der Waals surface area contributed by atoms with Crippen molar-refractivity contribution >= 4 is 44.0 Å². The van der Waals surface area contributed by atoms with E-state index in [0.717, 1.165) is 43.1 Å². The van der Waals surface area contributed by atoms with Crippen molar-refractivity contribution in [2.45, 2.75) is 37.5 Å². The van der Waals surface area contributed by atoms with Gasteiger partial charge in [0.15, 0.2) is 5.13 Å². The van der Waals surface area contributed by atoms with Crippen LogP contribution in [0.25, 0.3) is 0 Å². The summed E-state index contributed by atoms with van der Waals surface area (Å²) in [6.07, 6.45) is 3.55. The fourth-order valence-electron chi connectivity index (χ4n) is 4.06. The summed E-state index contributed by atoms with van der Waals surface area (Å²) in [6.45, 7) is 5.69. The van der Waals surface area contributed by atoms with Crippen LogP contribution in [0.1, 0.15) is 41.7 Å². The number of benzene rings is 1. The number of aryl methyl sites for hydroxylation is 1. The second-order valence-corrected chi connectivity index (χ2v) is 11.2. The number of aromatic nitrogens is 1. The zero-order valence-electron chi connectivity index (χ0n) is 17.6. The molecule has 0 aliphatic carbocycles. The van der Waals surface area contributed by atoms with Gasteiger partial charge in [-0.1, -0.05) is 18.0 Å². The lowest BCUT2D eigenvalue weighted by Gasteiger charge is -2.26. The molecule has 1 aromatic heterocycles. The molecule has 0 unspecified atom stereocenters. The average molecular weight is 483 g/mol. The van der Waals surface area contributed by atoms with E-state index in [1.54, 1.807) is 22.3 Å². The summed E-state index contributed by atoms with van der Waals surface area (Å²) in [5.41, 5.74) is 1.36. The van der Waals surface area contributed by atoms with Gasteiger partial charge in [-0.15, -0.1) is 11.3 Å². The number of anilines is 1. The Morgan fingerprint density at radius 2 is 1.81 bits per heavy atom. The van der Waals surface area contributed by atoms with Crippen molar-refractivity contribution in [3.05, 3.63) is 39.9 Å². The number of piperidine rings is 1. The van der Waals surface area contributed by atoms with Gasteiger partial charge in [0.1, 0.15) is 4.90 Å². The molecule has 7 nitrogen and oxygen atoms in total. The Hall–Kier alpha value is -1.68. The molecule has 0 spiro atoms. The summed E-state index contributed by atoms with van der Waals surface area (Å²) < 4.78 is 27.7. The van der Waals surface area contributed by atoms with Gasteiger partial charge in [-0.3, -0.25) is 4.79 Å². The summed E-state index contributed by atoms with van der Waals surface area (Å²) in [7, 11) is -3.71. The zero-order valence-corrected chi connectivity index (χ0v) is 20.0. The third-order valence-electron chi connectivity index (χ3n) is 5.77. The Balaban J connectivity index is 1.51. The van der Waals surface area contributed by atoms with E-state index in [1.807, 2.05) is 12.3 Å². The Kier molecular flexibility index (Phi) is 6.86. The third kappa shape index (κ3) is 4.89. The Morgan fingerprint density at radius 3 is 2.52 bits per heavy atom. The molecule has 2 aliphatic rings. The minimum atomic E-state index is -3.71. The Morgan fingerprint density at radius 1 is 1.03 bits per heavy atom. The average Bonchev–Trinajstić information content (AvgIpc) is 3.06. The molecule has 31 heavy (non-hydrogen) atoms. The van der Waals surface area contributed by atoms with E-state index in [1.165, 1.54) is 16.4 Å². The predicted octanol–water partition coefficient (Wildman–Crippen LogP) is 3.63. The standard InChI is InChI=1S/C21H27ClN4O3S2/c1-16-15-30-21(23-16)25-9-5-8-24(12-13-25)20(27)17-6-7-18(22)19(14-17)31(28,29)26-10-3-2-4-11-26/h6-7,14-15H,2-5,8-13H2,1H3. The SMILES string of the molecule is Cc1csc(N2CCCN(C(=O)c3ccc(Cl)c(S(=O)(=O)N4CCCCC4)c3)CC2)n1. The van der Waals surface area contributed by atoms with E-state index in [0.29, 0.717) is 38.3 Å². The highest BCUT2D eigenvalue weighted by atomic mass is 35.5. The number of amides is 1. The molecule has 0 N–H and O–H groups in total. The smallest absolute Gasteiger partial charge is 0.253 e. The van der Waals surface area contributed by atoms with Crippen LogP contribution in [0.5, 0.6) is 0 Å². The van der Waals surface area contributed by atoms with Crippen LogP contribution in [-0.4, -0.2) is 67.8 Å². The van der Waals surface area contributed by atoms with Crippen molar-refractivity contribution in [3.8, 4) is 0 Å². The van der Waals surface area contributed by atoms with Gasteiger partial charge >= 0.3 is 0 Å². The van der Waals surface area contributed by atoms with Crippen LogP contribution >= 0.6 is 22.9 Å². The quantitative estimate of drug-likeness (QED) is 0.665. The molecule has 10 heteroatoms. The topological polar surface area (TPSA) is 73.8 Å². The Labute approximate surface area is 192 Å². The lowest BCUT2D eigenvalue weighted by atomic mass is 10.2. The van der Waals surface area contributed by atoms with E-state index in [4.69, 9.17) is 11.6 Å². The summed E-state index contributed by atoms with van der Waals surface area (Å²) in [4.78, 5) is 21.8. The first-order valence-electron chi connectivity index (χ1n) is 10.6. The highest BCUT2D eigenvalue weighted by Gasteiger charge is 2.30. The molecule has 2 aromatic rings. The van der Waals surface area contributed by atoms with Gasteiger partial charge in [-0.2, -0.15) is 4.31 Å². The lowest BCUT2D eigenvalue weighted by molar-refractivity contribution is 0.0767. The maximum absolute atomic E-state index is 13.2. The molecular formula is C21H27ClN4O3S2. The number of thiazole rings is 1. The number of hydrogen-bond donors (Lipinski definition) is 0. The van der Waals surface area contributed by atoms with Crippen LogP contribution < -0.4 is 4.90 Å². The van der Waals surface area contributed by atoms with Gasteiger partial charge < -0.3 is 9.80 Å². The normalized spacial score (nSPS) is 18.8. The fourth-order valence-corrected chi connectivity index (χ4v) is 6.93. The van der Waals surface area contributed by atoms with Crippen molar-refractivity contribution in [1.29, 1.82) is 0 Å². The van der Waals surface area contributed by atoms with Gasteiger partial charge in [-0.05, 0) is 44.4 Å². The first-order valence-corrected chi connectivity index (χ1v) is 13.3. The van der Waals surface area contributed by atoms with Crippen LogP contribution in [-0.2, 0) is 10.0 Å². The largest absolute Gasteiger partial charge is 0.346 e. The summed E-state index contributed by atoms with van der Waals surface area (Å²) in [5.74, 6) is -0.163. The van der Waals surface area contributed by atoms with Crippen molar-refractivity contribution in [2.24, 2.45) is 0 Å². The molecule has 0 radical (unpaired) electrons. The van der Waals surface area contributed by atoms with Crippen LogP contribution in [0.4, 0.5) is 5.13 Å². The molecular weight excluding hydrogens is 456 g/mol. The van der Waals surface area contributed by atoms with Crippen molar-refractivity contribution < 1.29 is 13.2 Å². The third-order valence-corrected chi connectivity index (χ3v) is 9.17. The lowest BCUT2D eigenvalue weighted by Crippen LogP contribution is -2.36. The monoisotopic (exact) mass is 482 g/mol. The summed E-state index contributed by atoms with van der Waals surface area (Å²) in [6, 6.07) is 4.59. The van der Waals surface area contributed by atoms with E-state index >= 15 is 0 Å². The summed E-state index contributed by atoms with van der Waals surface area (Å²) >= 11 is 7.88. The molecule has 0 atom stereocenters. The van der Waals surface area contributed by atoms with E-state index in [9.17, 15) is 13.2 Å². The number of rotatable bonds is 4. The molecule has 1 amide bonds. The highest BCUT2D eigenvalue weighted by molar-refractivity contribution is 7.89. The van der Waals surface area contributed by atoms with Crippen molar-refractivity contribution in [1.82, 2.24) is 14.2 Å². The van der Waals surface area contributed by atoms with Gasteiger partial charge in [-0.25, -0.2) is 13.4 Å². The first-order chi connectivity index (χ1) is 14.9. The van der Waals surface area contributed by atoms with Crippen molar-refractivity contribution in [3.63, 3.8) is 0 Å². The van der Waals surface area contributed by atoms with Gasteiger partial charge in [0, 0.05) is 50.2 Å². The van der Waals surface area contributed by atoms with E-state index in [2.05, 4.69) is 9.88 Å². The highest BCUT2D eigenvalue weighted by Crippen LogP contribution is 2.29. The molecule has 4 rings (SSSR count). The minimum absolute atomic E-state index is 0.0247. The number of carbonyl (C=O) groups excluding carboxylic acids is 1. The predicted molar refractivity (Wildman–Crippen MR) is 124 cm³/mol. The summed E-state index contributed by atoms with van der Waals surface area (Å²) in [5, 5.41) is 3.16. The number of carbonyl (C=O) groups is 1. The molecule has 0 saturated carbocycles. The van der Waals surface area contributed by atoms with Gasteiger partial charge in [0.2, 0.25) is 10.0 Å². The number of hydrogen-bond acceptors (Lipinski definition) is 6. The Bertz CT molecular complexity index is 1050. The number of sulfonamides is 1. The fraction of sp³-hybridized carbons (Fsp3) is 0.524. The van der Waals surface area contributed by atoms with Crippen LogP contribution in [0.3, 0.4) is 0 Å². The molecule has 2 aliphatic heterocycles. The van der Waals surface area contributed by atoms with Crippen LogP contribution in [0.2, 0.25) is 5.02 Å². The van der Waals surface area contributed by atoms with Gasteiger partial charge in [0.25, 0.3) is 5.91 Å². The second kappa shape index (κ2) is 9.44. The first kappa shape index (κ1) is 22.5. The molecule has 2 saturated heterocycles. The van der Waals surface area contributed by atoms with E-state index < -0.39 is 10.0 Å². The molecule has 168 valence electrons. The molecule has 3 heterocycles. The maximum atomic E-state index is 13.2. The van der Waals surface area contributed by atoms with E-state index in [-0.39, 0.29) is 15.8 Å². The minimum Gasteiger partial charge on any atom is -0.346 e. The molecule has 0 bridgehead atoms. The van der Waals surface area contributed by atoms with Crippen LogP contribution in [0.15, 0.2) is 28.5 Å². The molecule has 2 fully saturated rings. The van der Waals surface area contributed by atoms with Crippen molar-refractivity contribution in [2.75, 3.05) is 44.2 Å². The van der Waals surface area contributed by atoms with Crippen LogP contribution in [0, 0.1) is 6.92 Å². The van der Waals surface area contributed by atoms with Gasteiger partial charge in [0.05, 0.1) is 10.7 Å². The number of nitrogens with zero attached hydrogens (tertiary/aromatic N) is 4. The number of halogens is 1.